The first-order valence-electron chi connectivity index (χ1n) is 6.54. The number of hydrogen-bond acceptors (Lipinski definition) is 3. The maximum Gasteiger partial charge on any atom is 0.238 e. The van der Waals surface area contributed by atoms with Gasteiger partial charge in [0.15, 0.2) is 0 Å². The van der Waals surface area contributed by atoms with Crippen molar-refractivity contribution in [1.82, 2.24) is 4.90 Å². The van der Waals surface area contributed by atoms with Gasteiger partial charge in [0, 0.05) is 28.7 Å². The first-order valence-corrected chi connectivity index (χ1v) is 7.79. The summed E-state index contributed by atoms with van der Waals surface area (Å²) in [7, 11) is 0. The van der Waals surface area contributed by atoms with E-state index in [4.69, 9.17) is 11.6 Å². The molecule has 104 valence electrons. The van der Waals surface area contributed by atoms with Crippen LogP contribution in [0.25, 0.3) is 0 Å². The maximum absolute atomic E-state index is 12.0. The summed E-state index contributed by atoms with van der Waals surface area (Å²) in [5, 5.41) is 5.69. The van der Waals surface area contributed by atoms with Gasteiger partial charge < -0.3 is 5.32 Å². The number of fused-ring (bicyclic) bond motifs is 1. The molecule has 0 bridgehead atoms. The van der Waals surface area contributed by atoms with Crippen molar-refractivity contribution in [3.8, 4) is 0 Å². The average Bonchev–Trinajstić information content (AvgIpc) is 2.89. The van der Waals surface area contributed by atoms with E-state index < -0.39 is 0 Å². The van der Waals surface area contributed by atoms with Gasteiger partial charge in [-0.25, -0.2) is 0 Å². The van der Waals surface area contributed by atoms with Crippen molar-refractivity contribution >= 4 is 34.5 Å². The summed E-state index contributed by atoms with van der Waals surface area (Å²) in [6, 6.07) is 9.33. The normalized spacial score (nSPS) is 14.8. The molecule has 0 spiro atoms. The molecule has 0 saturated heterocycles. The fourth-order valence-corrected chi connectivity index (χ4v) is 3.39. The summed E-state index contributed by atoms with van der Waals surface area (Å²) in [5.74, 6) is 0.0194. The van der Waals surface area contributed by atoms with Crippen LogP contribution >= 0.6 is 22.9 Å². The highest BCUT2D eigenvalue weighted by molar-refractivity contribution is 7.10. The Morgan fingerprint density at radius 2 is 2.10 bits per heavy atom. The lowest BCUT2D eigenvalue weighted by atomic mass is 10.1. The van der Waals surface area contributed by atoms with Crippen LogP contribution in [0.5, 0.6) is 0 Å². The molecular formula is C15H15ClN2OS. The zero-order chi connectivity index (χ0) is 13.9. The molecule has 2 heterocycles. The Morgan fingerprint density at radius 3 is 2.90 bits per heavy atom. The Bertz CT molecular complexity index is 609. The van der Waals surface area contributed by atoms with Gasteiger partial charge >= 0.3 is 0 Å². The summed E-state index contributed by atoms with van der Waals surface area (Å²) in [6.45, 7) is 2.24. The quantitative estimate of drug-likeness (QED) is 0.942. The van der Waals surface area contributed by atoms with Crippen LogP contribution in [0.15, 0.2) is 35.7 Å². The fraction of sp³-hybridized carbons (Fsp3) is 0.267. The number of benzene rings is 1. The number of carbonyl (C=O) groups excluding carboxylic acids is 1. The molecule has 0 saturated carbocycles. The molecule has 0 aliphatic carbocycles. The highest BCUT2D eigenvalue weighted by atomic mass is 35.5. The SMILES string of the molecule is O=C(CN1CCc2sccc2C1)Nc1ccc(Cl)cc1. The zero-order valence-corrected chi connectivity index (χ0v) is 12.5. The van der Waals surface area contributed by atoms with Gasteiger partial charge in [-0.3, -0.25) is 9.69 Å². The van der Waals surface area contributed by atoms with Crippen LogP contribution in [-0.2, 0) is 17.8 Å². The molecule has 5 heteroatoms. The number of amides is 1. The number of nitrogens with zero attached hydrogens (tertiary/aromatic N) is 1. The van der Waals surface area contributed by atoms with Crippen LogP contribution in [0.1, 0.15) is 10.4 Å². The Hall–Kier alpha value is -1.36. The van der Waals surface area contributed by atoms with Crippen molar-refractivity contribution in [3.05, 3.63) is 51.2 Å². The van der Waals surface area contributed by atoms with E-state index in [9.17, 15) is 4.79 Å². The van der Waals surface area contributed by atoms with Gasteiger partial charge in [-0.2, -0.15) is 0 Å². The van der Waals surface area contributed by atoms with Gasteiger partial charge in [0.1, 0.15) is 0 Å². The van der Waals surface area contributed by atoms with Gasteiger partial charge in [0.25, 0.3) is 0 Å². The maximum atomic E-state index is 12.0. The lowest BCUT2D eigenvalue weighted by Gasteiger charge is -2.26. The Kier molecular flexibility index (Phi) is 4.05. The summed E-state index contributed by atoms with van der Waals surface area (Å²) in [5.41, 5.74) is 2.15. The van der Waals surface area contributed by atoms with Gasteiger partial charge in [0.2, 0.25) is 5.91 Å². The fourth-order valence-electron chi connectivity index (χ4n) is 2.38. The second kappa shape index (κ2) is 5.95. The number of nitrogens with one attached hydrogen (secondary N) is 1. The second-order valence-electron chi connectivity index (χ2n) is 4.88. The largest absolute Gasteiger partial charge is 0.325 e. The second-order valence-corrected chi connectivity index (χ2v) is 6.32. The molecule has 3 rings (SSSR count). The lowest BCUT2D eigenvalue weighted by molar-refractivity contribution is -0.117. The van der Waals surface area contributed by atoms with E-state index in [1.807, 2.05) is 23.5 Å². The Morgan fingerprint density at radius 1 is 1.30 bits per heavy atom. The van der Waals surface area contributed by atoms with Crippen molar-refractivity contribution in [2.24, 2.45) is 0 Å². The van der Waals surface area contributed by atoms with Crippen LogP contribution in [-0.4, -0.2) is 23.9 Å². The Labute approximate surface area is 127 Å². The van der Waals surface area contributed by atoms with E-state index in [2.05, 4.69) is 21.7 Å². The van der Waals surface area contributed by atoms with Crippen molar-refractivity contribution in [1.29, 1.82) is 0 Å². The summed E-state index contributed by atoms with van der Waals surface area (Å²) < 4.78 is 0. The van der Waals surface area contributed by atoms with E-state index in [0.29, 0.717) is 11.6 Å². The van der Waals surface area contributed by atoms with Crippen molar-refractivity contribution < 1.29 is 4.79 Å². The third kappa shape index (κ3) is 3.20. The van der Waals surface area contributed by atoms with E-state index >= 15 is 0 Å². The van der Waals surface area contributed by atoms with Gasteiger partial charge in [0.05, 0.1) is 6.54 Å². The van der Waals surface area contributed by atoms with E-state index in [-0.39, 0.29) is 5.91 Å². The van der Waals surface area contributed by atoms with Crippen molar-refractivity contribution in [3.63, 3.8) is 0 Å². The molecule has 1 aliphatic heterocycles. The van der Waals surface area contributed by atoms with Crippen LogP contribution in [0.3, 0.4) is 0 Å². The molecule has 1 amide bonds. The molecule has 0 radical (unpaired) electrons. The summed E-state index contributed by atoms with van der Waals surface area (Å²) >= 11 is 7.63. The topological polar surface area (TPSA) is 32.3 Å². The van der Waals surface area contributed by atoms with Crippen LogP contribution in [0.4, 0.5) is 5.69 Å². The number of halogens is 1. The molecule has 1 aliphatic rings. The minimum Gasteiger partial charge on any atom is -0.325 e. The third-order valence-electron chi connectivity index (χ3n) is 3.38. The van der Waals surface area contributed by atoms with Crippen LogP contribution in [0, 0.1) is 0 Å². The molecule has 2 aromatic rings. The predicted molar refractivity (Wildman–Crippen MR) is 83.4 cm³/mol. The average molecular weight is 307 g/mol. The molecule has 1 aromatic heterocycles. The molecular weight excluding hydrogens is 292 g/mol. The van der Waals surface area contributed by atoms with Crippen molar-refractivity contribution in [2.45, 2.75) is 13.0 Å². The minimum atomic E-state index is 0.0194. The van der Waals surface area contributed by atoms with Gasteiger partial charge in [-0.1, -0.05) is 11.6 Å². The Balaban J connectivity index is 1.56. The van der Waals surface area contributed by atoms with Crippen molar-refractivity contribution in [2.75, 3.05) is 18.4 Å². The first kappa shape index (κ1) is 13.6. The molecule has 1 aromatic carbocycles. The molecule has 3 nitrogen and oxygen atoms in total. The zero-order valence-electron chi connectivity index (χ0n) is 10.9. The molecule has 1 N–H and O–H groups in total. The molecule has 0 atom stereocenters. The highest BCUT2D eigenvalue weighted by Crippen LogP contribution is 2.23. The number of rotatable bonds is 3. The molecule has 0 unspecified atom stereocenters. The third-order valence-corrected chi connectivity index (χ3v) is 4.66. The van der Waals surface area contributed by atoms with Gasteiger partial charge in [-0.15, -0.1) is 11.3 Å². The lowest BCUT2D eigenvalue weighted by Crippen LogP contribution is -2.36. The number of hydrogen-bond donors (Lipinski definition) is 1. The highest BCUT2D eigenvalue weighted by Gasteiger charge is 2.19. The molecule has 0 fully saturated rings. The smallest absolute Gasteiger partial charge is 0.238 e. The number of thiophene rings is 1. The van der Waals surface area contributed by atoms with Gasteiger partial charge in [-0.05, 0) is 47.7 Å². The number of anilines is 1. The van der Waals surface area contributed by atoms with E-state index in [0.717, 1.165) is 25.2 Å². The predicted octanol–water partition coefficient (Wildman–Crippen LogP) is 3.40. The summed E-state index contributed by atoms with van der Waals surface area (Å²) in [6.07, 6.45) is 1.04. The molecule has 20 heavy (non-hydrogen) atoms. The number of carbonyl (C=O) groups is 1. The standard InChI is InChI=1S/C15H15ClN2OS/c16-12-1-3-13(4-2-12)17-15(19)10-18-7-5-14-11(9-18)6-8-20-14/h1-4,6,8H,5,7,9-10H2,(H,17,19). The first-order chi connectivity index (χ1) is 9.70. The van der Waals surface area contributed by atoms with Crippen LogP contribution < -0.4 is 5.32 Å². The van der Waals surface area contributed by atoms with E-state index in [1.54, 1.807) is 12.1 Å². The summed E-state index contributed by atoms with van der Waals surface area (Å²) in [4.78, 5) is 15.7. The monoisotopic (exact) mass is 306 g/mol. The minimum absolute atomic E-state index is 0.0194. The van der Waals surface area contributed by atoms with E-state index in [1.165, 1.54) is 10.4 Å². The van der Waals surface area contributed by atoms with Crippen LogP contribution in [0.2, 0.25) is 5.02 Å².